The van der Waals surface area contributed by atoms with Crippen molar-refractivity contribution in [3.8, 4) is 0 Å². The van der Waals surface area contributed by atoms with Crippen molar-refractivity contribution >= 4 is 40.9 Å². The number of carboxylic acids is 1. The van der Waals surface area contributed by atoms with E-state index in [1.165, 1.54) is 21.7 Å². The van der Waals surface area contributed by atoms with E-state index in [4.69, 9.17) is 23.2 Å². The molecule has 214 valence electrons. The number of carbonyl (C=O) groups excluding carboxylic acids is 2. The van der Waals surface area contributed by atoms with E-state index >= 15 is 0 Å². The average Bonchev–Trinajstić information content (AvgIpc) is 3.35. The van der Waals surface area contributed by atoms with Gasteiger partial charge in [-0.1, -0.05) is 43.1 Å². The summed E-state index contributed by atoms with van der Waals surface area (Å²) in [6.45, 7) is 3.79. The Hall–Kier alpha value is -2.59. The van der Waals surface area contributed by atoms with E-state index in [9.17, 15) is 32.7 Å². The molecule has 1 amide bonds. The van der Waals surface area contributed by atoms with Gasteiger partial charge in [0.15, 0.2) is 11.5 Å². The summed E-state index contributed by atoms with van der Waals surface area (Å²) in [6, 6.07) is 3.72. The quantitative estimate of drug-likeness (QED) is 0.381. The minimum atomic E-state index is -4.90. The normalized spacial score (nSPS) is 31.4. The topological polar surface area (TPSA) is 92.5 Å². The van der Waals surface area contributed by atoms with Gasteiger partial charge in [-0.2, -0.15) is 18.3 Å². The summed E-state index contributed by atoms with van der Waals surface area (Å²) in [5.41, 5.74) is -1.79. The summed E-state index contributed by atoms with van der Waals surface area (Å²) in [5.74, 6) is -2.37. The summed E-state index contributed by atoms with van der Waals surface area (Å²) in [6.07, 6.45) is -1.82. The predicted molar refractivity (Wildman–Crippen MR) is 139 cm³/mol. The van der Waals surface area contributed by atoms with Gasteiger partial charge in [0.25, 0.3) is 5.91 Å². The van der Waals surface area contributed by atoms with Crippen LogP contribution in [0.1, 0.15) is 72.0 Å². The smallest absolute Gasteiger partial charge is 0.435 e. The molecular formula is C28H28Cl2F3N3O4. The van der Waals surface area contributed by atoms with Crippen molar-refractivity contribution in [2.75, 3.05) is 6.54 Å². The van der Waals surface area contributed by atoms with Crippen molar-refractivity contribution in [2.24, 2.45) is 35.0 Å². The maximum absolute atomic E-state index is 14.2. The lowest BCUT2D eigenvalue weighted by atomic mass is 9.96. The Labute approximate surface area is 238 Å². The first-order valence-corrected chi connectivity index (χ1v) is 14.1. The standard InChI is InChI=1S/C28H28Cl2F3N3O4/c1-27(2)17-8-12(9-18(17)27)35(11-21(37)23-19(29)4-3-5-20(23)30)25(38)16-10-36(34-24(16)28(31,32)33)13-6-14-15(7-13)22(14)26(39)40/h3-5,10,12-15,17-18,22H,6-9,11H2,1-2H3,(H,39,40). The van der Waals surface area contributed by atoms with Gasteiger partial charge in [-0.25, -0.2) is 0 Å². The minimum Gasteiger partial charge on any atom is -0.481 e. The molecule has 0 saturated heterocycles. The molecule has 6 rings (SSSR count). The number of carbonyl (C=O) groups is 3. The number of hydrogen-bond acceptors (Lipinski definition) is 4. The lowest BCUT2D eigenvalue weighted by Crippen LogP contribution is -2.44. The van der Waals surface area contributed by atoms with Gasteiger partial charge >= 0.3 is 12.1 Å². The molecule has 0 radical (unpaired) electrons. The van der Waals surface area contributed by atoms with Crippen LogP contribution in [-0.2, 0) is 11.0 Å². The predicted octanol–water partition coefficient (Wildman–Crippen LogP) is 6.25. The second kappa shape index (κ2) is 9.21. The molecule has 4 aliphatic rings. The van der Waals surface area contributed by atoms with Gasteiger partial charge in [-0.05, 0) is 66.9 Å². The van der Waals surface area contributed by atoms with E-state index in [1.807, 2.05) is 0 Å². The van der Waals surface area contributed by atoms with E-state index in [-0.39, 0.29) is 32.9 Å². The van der Waals surface area contributed by atoms with Crippen LogP contribution in [0.5, 0.6) is 0 Å². The van der Waals surface area contributed by atoms with Gasteiger partial charge in [0.1, 0.15) is 0 Å². The zero-order chi connectivity index (χ0) is 28.9. The number of carboxylic acid groups (broad SMARTS) is 1. The third-order valence-corrected chi connectivity index (χ3v) is 10.5. The third kappa shape index (κ3) is 4.42. The molecule has 7 nitrogen and oxygen atoms in total. The van der Waals surface area contributed by atoms with Crippen molar-refractivity contribution in [2.45, 2.75) is 57.8 Å². The molecule has 0 bridgehead atoms. The maximum atomic E-state index is 14.2. The number of nitrogens with zero attached hydrogens (tertiary/aromatic N) is 3. The lowest BCUT2D eigenvalue weighted by molar-refractivity contribution is -0.142. The number of alkyl halides is 3. The Morgan fingerprint density at radius 3 is 2.17 bits per heavy atom. The van der Waals surface area contributed by atoms with E-state index in [0.717, 1.165) is 6.20 Å². The highest BCUT2D eigenvalue weighted by atomic mass is 35.5. The van der Waals surface area contributed by atoms with Crippen LogP contribution in [0.2, 0.25) is 10.0 Å². The number of rotatable bonds is 7. The summed E-state index contributed by atoms with van der Waals surface area (Å²) in [5, 5.41) is 13.3. The molecule has 2 aromatic rings. The van der Waals surface area contributed by atoms with Crippen molar-refractivity contribution in [1.82, 2.24) is 14.7 Å². The third-order valence-electron chi connectivity index (χ3n) is 9.91. The molecule has 4 atom stereocenters. The SMILES string of the molecule is CC1(C)C2CC(N(CC(=O)c3c(Cl)cccc3Cl)C(=O)c3cn(C4CC5C(C4)C5C(=O)O)nc3C(F)(F)F)CC21. The highest BCUT2D eigenvalue weighted by Gasteiger charge is 2.63. The Morgan fingerprint density at radius 1 is 1.07 bits per heavy atom. The average molecular weight is 598 g/mol. The fourth-order valence-electron chi connectivity index (χ4n) is 7.59. The van der Waals surface area contributed by atoms with Crippen molar-refractivity contribution in [1.29, 1.82) is 0 Å². The van der Waals surface area contributed by atoms with Crippen molar-refractivity contribution in [3.63, 3.8) is 0 Å². The van der Waals surface area contributed by atoms with Gasteiger partial charge in [0, 0.05) is 12.2 Å². The van der Waals surface area contributed by atoms with Gasteiger partial charge in [-0.3, -0.25) is 19.1 Å². The first kappa shape index (κ1) is 27.6. The number of fused-ring (bicyclic) bond motifs is 2. The molecular weight excluding hydrogens is 570 g/mol. The molecule has 1 heterocycles. The number of amides is 1. The lowest BCUT2D eigenvalue weighted by Gasteiger charge is -2.31. The fraction of sp³-hybridized carbons (Fsp3) is 0.571. The molecule has 1 aromatic heterocycles. The van der Waals surface area contributed by atoms with E-state index in [0.29, 0.717) is 37.5 Å². The molecule has 4 saturated carbocycles. The van der Waals surface area contributed by atoms with Gasteiger partial charge in [-0.15, -0.1) is 0 Å². The summed E-state index contributed by atoms with van der Waals surface area (Å²) in [7, 11) is 0. The maximum Gasteiger partial charge on any atom is 0.435 e. The van der Waals surface area contributed by atoms with E-state index in [1.54, 1.807) is 6.07 Å². The van der Waals surface area contributed by atoms with Crippen molar-refractivity contribution < 1.29 is 32.7 Å². The van der Waals surface area contributed by atoms with Gasteiger partial charge < -0.3 is 10.0 Å². The second-order valence-corrected chi connectivity index (χ2v) is 13.1. The van der Waals surface area contributed by atoms with E-state index < -0.39 is 59.6 Å². The van der Waals surface area contributed by atoms with Crippen LogP contribution < -0.4 is 0 Å². The zero-order valence-corrected chi connectivity index (χ0v) is 23.3. The minimum absolute atomic E-state index is 0.0250. The van der Waals surface area contributed by atoms with Crippen LogP contribution in [0.25, 0.3) is 0 Å². The number of ketones is 1. The number of halogens is 5. The summed E-state index contributed by atoms with van der Waals surface area (Å²) >= 11 is 12.5. The van der Waals surface area contributed by atoms with Crippen LogP contribution in [0, 0.1) is 35.0 Å². The molecule has 4 aliphatic carbocycles. The van der Waals surface area contributed by atoms with Crippen LogP contribution in [0.15, 0.2) is 24.4 Å². The first-order valence-electron chi connectivity index (χ1n) is 13.4. The van der Waals surface area contributed by atoms with Crippen LogP contribution in [0.4, 0.5) is 13.2 Å². The largest absolute Gasteiger partial charge is 0.481 e. The Morgan fingerprint density at radius 2 is 1.65 bits per heavy atom. The first-order chi connectivity index (χ1) is 18.7. The molecule has 1 N–H and O–H groups in total. The van der Waals surface area contributed by atoms with E-state index in [2.05, 4.69) is 18.9 Å². The number of benzene rings is 1. The number of hydrogen-bond donors (Lipinski definition) is 1. The molecule has 4 fully saturated rings. The summed E-state index contributed by atoms with van der Waals surface area (Å²) in [4.78, 5) is 39.9. The molecule has 12 heteroatoms. The molecule has 40 heavy (non-hydrogen) atoms. The monoisotopic (exact) mass is 597 g/mol. The van der Waals surface area contributed by atoms with Gasteiger partial charge in [0.2, 0.25) is 0 Å². The fourth-order valence-corrected chi connectivity index (χ4v) is 8.20. The summed E-state index contributed by atoms with van der Waals surface area (Å²) < 4.78 is 43.7. The van der Waals surface area contributed by atoms with Crippen LogP contribution in [0.3, 0.4) is 0 Å². The molecule has 1 aromatic carbocycles. The second-order valence-electron chi connectivity index (χ2n) is 12.3. The number of aliphatic carboxylic acids is 1. The molecule has 0 aliphatic heterocycles. The number of Topliss-reactive ketones (excluding diaryl/α,β-unsaturated/α-hetero) is 1. The van der Waals surface area contributed by atoms with Crippen molar-refractivity contribution in [3.05, 3.63) is 51.3 Å². The highest BCUT2D eigenvalue weighted by molar-refractivity contribution is 6.40. The Kier molecular flexibility index (Phi) is 6.35. The van der Waals surface area contributed by atoms with Crippen LogP contribution >= 0.6 is 23.2 Å². The molecule has 4 unspecified atom stereocenters. The Bertz CT molecular complexity index is 1380. The highest BCUT2D eigenvalue weighted by Crippen LogP contribution is 2.67. The zero-order valence-electron chi connectivity index (χ0n) is 21.8. The van der Waals surface area contributed by atoms with Crippen LogP contribution in [-0.4, -0.2) is 50.0 Å². The van der Waals surface area contributed by atoms with Gasteiger partial charge in [0.05, 0.1) is 39.7 Å². The number of aromatic nitrogens is 2. The molecule has 0 spiro atoms. The Balaban J connectivity index is 1.31.